The van der Waals surface area contributed by atoms with Gasteiger partial charge in [0.05, 0.1) is 68.1 Å². The summed E-state index contributed by atoms with van der Waals surface area (Å²) in [4.78, 5) is 100. The molecular formula is C56H66N6O13. The van der Waals surface area contributed by atoms with Crippen molar-refractivity contribution in [3.8, 4) is 17.2 Å². The van der Waals surface area contributed by atoms with E-state index in [0.29, 0.717) is 97.5 Å². The van der Waals surface area contributed by atoms with Crippen LogP contribution in [0.15, 0.2) is 76.8 Å². The minimum absolute atomic E-state index is 0.0543. The van der Waals surface area contributed by atoms with Gasteiger partial charge in [-0.1, -0.05) is 42.4 Å². The van der Waals surface area contributed by atoms with E-state index < -0.39 is 18.4 Å². The molecule has 5 amide bonds. The van der Waals surface area contributed by atoms with Gasteiger partial charge < -0.3 is 43.9 Å². The molecule has 19 heteroatoms. The molecule has 19 nitrogen and oxygen atoms in total. The monoisotopic (exact) mass is 1030 g/mol. The summed E-state index contributed by atoms with van der Waals surface area (Å²) in [7, 11) is 1.54. The maximum atomic E-state index is 14.1. The van der Waals surface area contributed by atoms with E-state index >= 15 is 0 Å². The molecule has 0 radical (unpaired) electrons. The van der Waals surface area contributed by atoms with Crippen LogP contribution in [0.3, 0.4) is 0 Å². The zero-order valence-corrected chi connectivity index (χ0v) is 43.3. The molecule has 5 aliphatic rings. The number of likely N-dealkylation sites (tertiary alicyclic amines) is 1. The lowest BCUT2D eigenvalue weighted by Gasteiger charge is -2.31. The number of nitrogens with one attached hydrogen (secondary N) is 1. The lowest BCUT2D eigenvalue weighted by molar-refractivity contribution is -0.139. The Hall–Kier alpha value is -7.38. The fourth-order valence-corrected chi connectivity index (χ4v) is 9.74. The van der Waals surface area contributed by atoms with E-state index in [9.17, 15) is 38.7 Å². The molecule has 0 aromatic heterocycles. The average molecular weight is 1030 g/mol. The van der Waals surface area contributed by atoms with Gasteiger partial charge in [0.25, 0.3) is 11.8 Å². The van der Waals surface area contributed by atoms with Gasteiger partial charge in [-0.2, -0.15) is 0 Å². The highest BCUT2D eigenvalue weighted by Gasteiger charge is 2.45. The van der Waals surface area contributed by atoms with Gasteiger partial charge in [0.1, 0.15) is 18.1 Å². The van der Waals surface area contributed by atoms with Crippen LogP contribution >= 0.6 is 0 Å². The van der Waals surface area contributed by atoms with E-state index in [1.165, 1.54) is 7.11 Å². The highest BCUT2D eigenvalue weighted by molar-refractivity contribution is 6.07. The number of unbranched alkanes of at least 4 members (excludes halogenated alkanes) is 2. The van der Waals surface area contributed by atoms with Crippen LogP contribution in [-0.4, -0.2) is 145 Å². The summed E-state index contributed by atoms with van der Waals surface area (Å²) in [6, 6.07) is 12.7. The number of fused-ring (bicyclic) bond motifs is 4. The zero-order chi connectivity index (χ0) is 53.3. The lowest BCUT2D eigenvalue weighted by Crippen LogP contribution is -2.50. The highest BCUT2D eigenvalue weighted by atomic mass is 16.6. The molecule has 75 heavy (non-hydrogen) atoms. The first-order valence-electron chi connectivity index (χ1n) is 25.6. The molecule has 0 saturated carbocycles. The van der Waals surface area contributed by atoms with Crippen LogP contribution in [-0.2, 0) is 35.3 Å². The summed E-state index contributed by atoms with van der Waals surface area (Å²) in [6.07, 6.45) is 6.62. The number of ether oxygens (including phenoxy) is 5. The average Bonchev–Trinajstić information content (AvgIpc) is 4.03. The quantitative estimate of drug-likeness (QED) is 0.0530. The van der Waals surface area contributed by atoms with Gasteiger partial charge >= 0.3 is 6.09 Å². The molecule has 3 aromatic rings. The van der Waals surface area contributed by atoms with Crippen LogP contribution in [0, 0.1) is 12.8 Å². The summed E-state index contributed by atoms with van der Waals surface area (Å²) in [5.74, 6) is 0.0263. The summed E-state index contributed by atoms with van der Waals surface area (Å²) < 4.78 is 29.3. The summed E-state index contributed by atoms with van der Waals surface area (Å²) >= 11 is 0. The van der Waals surface area contributed by atoms with E-state index in [2.05, 4.69) is 10.3 Å². The second-order valence-corrected chi connectivity index (χ2v) is 19.7. The van der Waals surface area contributed by atoms with E-state index in [-0.39, 0.29) is 110 Å². The number of benzene rings is 3. The van der Waals surface area contributed by atoms with Crippen LogP contribution in [0.2, 0.25) is 0 Å². The Morgan fingerprint density at radius 1 is 0.760 bits per heavy atom. The van der Waals surface area contributed by atoms with Crippen molar-refractivity contribution < 1.29 is 62.4 Å². The fraction of sp³-hybridized carbons (Fsp3) is 0.464. The molecule has 1 unspecified atom stereocenters. The van der Waals surface area contributed by atoms with Crippen molar-refractivity contribution in [3.05, 3.63) is 94.1 Å². The summed E-state index contributed by atoms with van der Waals surface area (Å²) in [5, 5.41) is 14.9. The molecule has 5 aliphatic heterocycles. The van der Waals surface area contributed by atoms with Crippen molar-refractivity contribution in [2.75, 3.05) is 69.9 Å². The van der Waals surface area contributed by atoms with E-state index in [4.69, 9.17) is 23.7 Å². The minimum atomic E-state index is -1.46. The van der Waals surface area contributed by atoms with Gasteiger partial charge in [-0.05, 0) is 81.8 Å². The van der Waals surface area contributed by atoms with Crippen molar-refractivity contribution in [1.29, 1.82) is 0 Å². The van der Waals surface area contributed by atoms with Crippen molar-refractivity contribution in [1.82, 2.24) is 14.7 Å². The van der Waals surface area contributed by atoms with E-state index in [1.54, 1.807) is 77.5 Å². The number of hydrogen-bond acceptors (Lipinski definition) is 15. The standard InChI is InChI=1S/C56H66N6O13/c1-34-22-40-29-58-45-27-50(49(71-5)26-43(45)53(67)60(40)31-34)74-20-8-6-7-19-73-48-28-46-44(24-36(48)3)54(68)61-32-35(2)23-47(61)55(69)62(46)56(70)75-33-38-11-13-39(14-12-38)57-30-42(64)16-21-72-18-9-10-41(63)15-17-59-51(65)25-37(4)52(59)66/h11-14,22-24,26-29,37,40,47,55,57,69H,6-10,15-21,25,30-33H2,1-5H3/t37?,40-,47-,55-/m0/s1. The first kappa shape index (κ1) is 53.9. The molecule has 5 heterocycles. The Kier molecular flexibility index (Phi) is 17.5. The molecular weight excluding hydrogens is 965 g/mol. The lowest BCUT2D eigenvalue weighted by atomic mass is 10.1. The van der Waals surface area contributed by atoms with Gasteiger partial charge in [0.2, 0.25) is 11.8 Å². The smallest absolute Gasteiger partial charge is 0.416 e. The van der Waals surface area contributed by atoms with Crippen LogP contribution in [0.25, 0.3) is 0 Å². The number of aliphatic hydroxyl groups is 1. The molecule has 0 spiro atoms. The van der Waals surface area contributed by atoms with Crippen LogP contribution < -0.4 is 24.4 Å². The number of carbonyl (C=O) groups excluding carboxylic acids is 7. The Balaban J connectivity index is 0.787. The number of hydrogen-bond donors (Lipinski definition) is 2. The number of aliphatic imine (C=N–C) groups is 1. The minimum Gasteiger partial charge on any atom is -0.493 e. The second-order valence-electron chi connectivity index (χ2n) is 19.7. The normalized spacial score (nSPS) is 19.7. The topological polar surface area (TPSA) is 223 Å². The number of amides is 5. The number of ketones is 2. The number of carbonyl (C=O) groups is 7. The largest absolute Gasteiger partial charge is 0.493 e. The molecule has 3 aromatic carbocycles. The SMILES string of the molecule is COc1cc2c(cc1OCCCCCOc1cc3c(cc1C)C(=O)N1CC(C)=C[C@H]1[C@H](O)N3C(=O)OCc1ccc(NCC(=O)CCOCCCC(=O)CCN3C(=O)CC(C)C3=O)cc1)N=C[C@@H]1C=C(C)CN1C2=O. The van der Waals surface area contributed by atoms with Crippen LogP contribution in [0.1, 0.15) is 104 Å². The van der Waals surface area contributed by atoms with Crippen molar-refractivity contribution >= 4 is 64.6 Å². The van der Waals surface area contributed by atoms with Gasteiger partial charge in [0, 0.05) is 81.9 Å². The maximum Gasteiger partial charge on any atom is 0.416 e. The highest BCUT2D eigenvalue weighted by Crippen LogP contribution is 2.40. The third-order valence-corrected chi connectivity index (χ3v) is 13.9. The van der Waals surface area contributed by atoms with Gasteiger partial charge in [-0.25, -0.2) is 9.69 Å². The first-order valence-corrected chi connectivity index (χ1v) is 25.6. The van der Waals surface area contributed by atoms with Crippen molar-refractivity contribution in [2.24, 2.45) is 10.9 Å². The molecule has 1 saturated heterocycles. The molecule has 1 fully saturated rings. The zero-order valence-electron chi connectivity index (χ0n) is 43.3. The summed E-state index contributed by atoms with van der Waals surface area (Å²) in [5.41, 5.74) is 5.40. The Labute approximate surface area is 436 Å². The van der Waals surface area contributed by atoms with E-state index in [1.807, 2.05) is 26.8 Å². The number of Topliss-reactive ketones (excluding diaryl/α,β-unsaturated/α-hetero) is 2. The molecule has 398 valence electrons. The van der Waals surface area contributed by atoms with E-state index in [0.717, 1.165) is 27.4 Å². The summed E-state index contributed by atoms with van der Waals surface area (Å²) in [6.45, 7) is 9.50. The number of methoxy groups -OCH3 is 1. The van der Waals surface area contributed by atoms with Crippen molar-refractivity contribution in [2.45, 2.75) is 104 Å². The molecule has 0 bridgehead atoms. The molecule has 2 N–H and O–H groups in total. The van der Waals surface area contributed by atoms with Gasteiger partial charge in [0.15, 0.2) is 23.5 Å². The van der Waals surface area contributed by atoms with Gasteiger partial charge in [-0.3, -0.25) is 38.7 Å². The van der Waals surface area contributed by atoms with Crippen LogP contribution in [0.5, 0.6) is 17.2 Å². The number of rotatable bonds is 24. The molecule has 0 aliphatic carbocycles. The number of aliphatic hydroxyl groups excluding tert-OH is 1. The Morgan fingerprint density at radius 2 is 1.48 bits per heavy atom. The molecule has 8 rings (SSSR count). The second kappa shape index (κ2) is 24.3. The van der Waals surface area contributed by atoms with Gasteiger partial charge in [-0.15, -0.1) is 0 Å². The third kappa shape index (κ3) is 12.8. The number of aryl methyl sites for hydroxylation is 1. The Bertz CT molecular complexity index is 2790. The predicted octanol–water partition coefficient (Wildman–Crippen LogP) is 6.89. The predicted molar refractivity (Wildman–Crippen MR) is 278 cm³/mol. The first-order chi connectivity index (χ1) is 36.1. The number of imide groups is 1. The third-order valence-electron chi connectivity index (χ3n) is 13.9. The number of nitrogens with zero attached hydrogens (tertiary/aromatic N) is 5. The molecule has 4 atom stereocenters. The number of anilines is 2. The Morgan fingerprint density at radius 3 is 2.21 bits per heavy atom. The van der Waals surface area contributed by atoms with Crippen molar-refractivity contribution in [3.63, 3.8) is 0 Å². The maximum absolute atomic E-state index is 14.1. The fourth-order valence-electron chi connectivity index (χ4n) is 9.74. The van der Waals surface area contributed by atoms with Crippen LogP contribution in [0.4, 0.5) is 21.9 Å².